The van der Waals surface area contributed by atoms with Crippen LogP contribution in [0.4, 0.5) is 9.59 Å². The molecule has 0 heterocycles. The van der Waals surface area contributed by atoms with E-state index in [2.05, 4.69) is 9.68 Å². The molecule has 7 heteroatoms. The summed E-state index contributed by atoms with van der Waals surface area (Å²) in [5, 5.41) is 8.01. The lowest BCUT2D eigenvalue weighted by atomic mass is 10.4. The van der Waals surface area contributed by atoms with Crippen molar-refractivity contribution in [2.24, 2.45) is 0 Å². The van der Waals surface area contributed by atoms with E-state index in [-0.39, 0.29) is 6.61 Å². The molecule has 0 radical (unpaired) electrons. The maximum atomic E-state index is 10.6. The van der Waals surface area contributed by atoms with Crippen LogP contribution in [0, 0.1) is 0 Å². The Morgan fingerprint density at radius 2 is 2.08 bits per heavy atom. The number of carbonyl (C=O) groups is 2. The Morgan fingerprint density at radius 3 is 2.62 bits per heavy atom. The molecule has 0 bridgehead atoms. The first-order valence-electron chi connectivity index (χ1n) is 3.74. The quantitative estimate of drug-likeness (QED) is 0.438. The van der Waals surface area contributed by atoms with Crippen LogP contribution in [0.5, 0.6) is 0 Å². The van der Waals surface area contributed by atoms with E-state index in [0.29, 0.717) is 0 Å². The van der Waals surface area contributed by atoms with Crippen molar-refractivity contribution in [1.82, 2.24) is 11.0 Å². The minimum Gasteiger partial charge on any atom is -0.463 e. The number of carboxylic acid groups (broad SMARTS) is 1. The number of hydrogen-bond acceptors (Lipinski definition) is 4. The Balaban J connectivity index is 3.25. The summed E-state index contributed by atoms with van der Waals surface area (Å²) >= 11 is 0. The molecule has 13 heavy (non-hydrogen) atoms. The van der Waals surface area contributed by atoms with Crippen LogP contribution >= 0.6 is 0 Å². The minimum atomic E-state index is -1.41. The summed E-state index contributed by atoms with van der Waals surface area (Å²) < 4.78 is 4.56. The van der Waals surface area contributed by atoms with Crippen molar-refractivity contribution in [1.29, 1.82) is 0 Å². The Morgan fingerprint density at radius 1 is 1.38 bits per heavy atom. The predicted octanol–water partition coefficient (Wildman–Crippen LogP) is 0.627. The van der Waals surface area contributed by atoms with Gasteiger partial charge in [0.15, 0.2) is 0 Å². The molecule has 0 saturated carbocycles. The molecule has 0 atom stereocenters. The van der Waals surface area contributed by atoms with Gasteiger partial charge in [-0.25, -0.2) is 9.59 Å². The summed E-state index contributed by atoms with van der Waals surface area (Å²) in [5.74, 6) is 0. The molecule has 3 N–H and O–H groups in total. The zero-order chi connectivity index (χ0) is 10.1. The first-order chi connectivity index (χ1) is 6.16. The number of ether oxygens (including phenoxy) is 1. The molecular formula is C6H12N2O5. The van der Waals surface area contributed by atoms with E-state index in [9.17, 15) is 9.59 Å². The third-order valence-electron chi connectivity index (χ3n) is 1.00. The van der Waals surface area contributed by atoms with Gasteiger partial charge in [-0.15, -0.1) is 4.94 Å². The summed E-state index contributed by atoms with van der Waals surface area (Å²) in [7, 11) is 0. The van der Waals surface area contributed by atoms with E-state index in [1.165, 1.54) is 5.48 Å². The van der Waals surface area contributed by atoms with Crippen molar-refractivity contribution < 1.29 is 24.4 Å². The molecule has 0 aromatic heterocycles. The van der Waals surface area contributed by atoms with Crippen molar-refractivity contribution in [2.75, 3.05) is 6.61 Å². The van der Waals surface area contributed by atoms with E-state index >= 15 is 0 Å². The van der Waals surface area contributed by atoms with Crippen LogP contribution in [0.2, 0.25) is 0 Å². The van der Waals surface area contributed by atoms with Crippen LogP contribution in [0.3, 0.4) is 0 Å². The van der Waals surface area contributed by atoms with Crippen LogP contribution in [0.15, 0.2) is 0 Å². The van der Waals surface area contributed by atoms with Crippen molar-refractivity contribution in [3.05, 3.63) is 0 Å². The molecule has 76 valence electrons. The number of unbranched alkanes of at least 4 members (excludes halogenated alkanes) is 1. The number of hydrogen-bond donors (Lipinski definition) is 3. The van der Waals surface area contributed by atoms with E-state index in [0.717, 1.165) is 12.8 Å². The first kappa shape index (κ1) is 11.5. The van der Waals surface area contributed by atoms with Gasteiger partial charge in [0.2, 0.25) is 0 Å². The summed E-state index contributed by atoms with van der Waals surface area (Å²) in [5.41, 5.74) is 3.19. The Labute approximate surface area is 74.9 Å². The van der Waals surface area contributed by atoms with Crippen LogP contribution < -0.4 is 11.0 Å². The zero-order valence-electron chi connectivity index (χ0n) is 7.20. The molecular weight excluding hydrogens is 180 g/mol. The predicted molar refractivity (Wildman–Crippen MR) is 41.6 cm³/mol. The van der Waals surface area contributed by atoms with Gasteiger partial charge >= 0.3 is 12.2 Å². The SMILES string of the molecule is CCCCOC(=O)NONC(=O)O. The monoisotopic (exact) mass is 192 g/mol. The average molecular weight is 192 g/mol. The largest absolute Gasteiger partial charge is 0.463 e. The topological polar surface area (TPSA) is 96.9 Å². The molecule has 0 spiro atoms. The molecule has 0 unspecified atom stereocenters. The summed E-state index contributed by atoms with van der Waals surface area (Å²) in [6, 6.07) is 0. The number of hydroxylamine groups is 2. The molecule has 0 aromatic carbocycles. The second kappa shape index (κ2) is 7.17. The second-order valence-corrected chi connectivity index (χ2v) is 2.10. The summed E-state index contributed by atoms with van der Waals surface area (Å²) in [6.45, 7) is 2.22. The number of rotatable bonds is 5. The Hall–Kier alpha value is -1.50. The van der Waals surface area contributed by atoms with Crippen molar-refractivity contribution in [3.8, 4) is 0 Å². The fourth-order valence-corrected chi connectivity index (χ4v) is 0.450. The highest BCUT2D eigenvalue weighted by Gasteiger charge is 2.01. The molecule has 7 nitrogen and oxygen atoms in total. The lowest BCUT2D eigenvalue weighted by Gasteiger charge is -2.04. The molecule has 2 amide bonds. The van der Waals surface area contributed by atoms with E-state index in [1.54, 1.807) is 5.48 Å². The van der Waals surface area contributed by atoms with Crippen molar-refractivity contribution >= 4 is 12.2 Å². The molecule has 0 aliphatic rings. The molecule has 0 aliphatic carbocycles. The van der Waals surface area contributed by atoms with E-state index < -0.39 is 12.2 Å². The Kier molecular flexibility index (Phi) is 6.34. The van der Waals surface area contributed by atoms with Crippen molar-refractivity contribution in [2.45, 2.75) is 19.8 Å². The maximum Gasteiger partial charge on any atom is 0.433 e. The van der Waals surface area contributed by atoms with Gasteiger partial charge in [0, 0.05) is 0 Å². The molecule has 0 aliphatic heterocycles. The minimum absolute atomic E-state index is 0.277. The van der Waals surface area contributed by atoms with Gasteiger partial charge in [0.05, 0.1) is 6.61 Å². The highest BCUT2D eigenvalue weighted by Crippen LogP contribution is 1.87. The zero-order valence-corrected chi connectivity index (χ0v) is 7.20. The van der Waals surface area contributed by atoms with E-state index in [1.807, 2.05) is 6.92 Å². The van der Waals surface area contributed by atoms with Crippen LogP contribution in [-0.4, -0.2) is 23.9 Å². The number of nitrogens with one attached hydrogen (secondary N) is 2. The average Bonchev–Trinajstić information content (AvgIpc) is 2.04. The van der Waals surface area contributed by atoms with Gasteiger partial charge in [0.25, 0.3) is 0 Å². The fraction of sp³-hybridized carbons (Fsp3) is 0.667. The molecule has 0 saturated heterocycles. The standard InChI is InChI=1S/C6H12N2O5/c1-2-3-4-12-6(11)8-13-7-5(9)10/h7H,2-4H2,1H3,(H,8,11)(H,9,10). The number of carbonyl (C=O) groups excluding carboxylic acids is 1. The molecule has 0 fully saturated rings. The third-order valence-corrected chi connectivity index (χ3v) is 1.00. The second-order valence-electron chi connectivity index (χ2n) is 2.10. The van der Waals surface area contributed by atoms with Gasteiger partial charge in [-0.3, -0.25) is 0 Å². The van der Waals surface area contributed by atoms with Gasteiger partial charge in [0.1, 0.15) is 0 Å². The third kappa shape index (κ3) is 8.41. The molecule has 0 aromatic rings. The van der Waals surface area contributed by atoms with Gasteiger partial charge in [-0.2, -0.15) is 11.0 Å². The van der Waals surface area contributed by atoms with Gasteiger partial charge in [-0.05, 0) is 6.42 Å². The number of amides is 2. The maximum absolute atomic E-state index is 10.6. The smallest absolute Gasteiger partial charge is 0.433 e. The van der Waals surface area contributed by atoms with Gasteiger partial charge in [-0.1, -0.05) is 13.3 Å². The van der Waals surface area contributed by atoms with E-state index in [4.69, 9.17) is 5.11 Å². The lowest BCUT2D eigenvalue weighted by Crippen LogP contribution is -2.34. The highest BCUT2D eigenvalue weighted by molar-refractivity contribution is 5.66. The normalized spacial score (nSPS) is 9.00. The summed E-state index contributed by atoms with van der Waals surface area (Å²) in [4.78, 5) is 24.4. The lowest BCUT2D eigenvalue weighted by molar-refractivity contribution is -0.0259. The fourth-order valence-electron chi connectivity index (χ4n) is 0.450. The van der Waals surface area contributed by atoms with Crippen molar-refractivity contribution in [3.63, 3.8) is 0 Å². The highest BCUT2D eigenvalue weighted by atomic mass is 16.8. The van der Waals surface area contributed by atoms with Crippen LogP contribution in [-0.2, 0) is 9.68 Å². The van der Waals surface area contributed by atoms with Crippen LogP contribution in [0.1, 0.15) is 19.8 Å². The van der Waals surface area contributed by atoms with Crippen LogP contribution in [0.25, 0.3) is 0 Å². The Bertz CT molecular complexity index is 172. The summed E-state index contributed by atoms with van der Waals surface area (Å²) in [6.07, 6.45) is -0.586. The first-order valence-corrected chi connectivity index (χ1v) is 3.74. The molecule has 0 rings (SSSR count). The van der Waals surface area contributed by atoms with Gasteiger partial charge < -0.3 is 9.84 Å².